The first-order chi connectivity index (χ1) is 13.4. The molecule has 2 aliphatic rings. The van der Waals surface area contributed by atoms with Crippen LogP contribution in [-0.2, 0) is 19.6 Å². The molecular weight excluding hydrogens is 384 g/mol. The largest absolute Gasteiger partial charge is 0.450 e. The van der Waals surface area contributed by atoms with Gasteiger partial charge in [-0.15, -0.1) is 4.40 Å². The Kier molecular flexibility index (Phi) is 6.18. The third-order valence-corrected chi connectivity index (χ3v) is 6.01. The Bertz CT molecular complexity index is 876. The molecule has 1 aromatic carbocycles. The van der Waals surface area contributed by atoms with E-state index in [2.05, 4.69) is 9.71 Å². The SMILES string of the molecule is CCOC(=O)N1CCN(C(=O)CCCC2=NS(=O)(=O)c3ccccc3N2)CC1. The van der Waals surface area contributed by atoms with Gasteiger partial charge in [-0.3, -0.25) is 4.79 Å². The predicted molar refractivity (Wildman–Crippen MR) is 104 cm³/mol. The molecule has 28 heavy (non-hydrogen) atoms. The second-order valence-corrected chi connectivity index (χ2v) is 8.13. The summed E-state index contributed by atoms with van der Waals surface area (Å²) in [7, 11) is -3.70. The summed E-state index contributed by atoms with van der Waals surface area (Å²) in [6, 6.07) is 6.61. The normalized spacial score (nSPS) is 18.0. The minimum atomic E-state index is -3.70. The highest BCUT2D eigenvalue weighted by Crippen LogP contribution is 2.27. The zero-order valence-corrected chi connectivity index (χ0v) is 16.6. The van der Waals surface area contributed by atoms with Gasteiger partial charge in [0.2, 0.25) is 5.91 Å². The van der Waals surface area contributed by atoms with Crippen LogP contribution in [-0.4, -0.2) is 68.8 Å². The molecule has 1 saturated heterocycles. The van der Waals surface area contributed by atoms with Gasteiger partial charge >= 0.3 is 6.09 Å². The summed E-state index contributed by atoms with van der Waals surface area (Å²) >= 11 is 0. The quantitative estimate of drug-likeness (QED) is 0.794. The van der Waals surface area contributed by atoms with Crippen LogP contribution in [0.25, 0.3) is 0 Å². The lowest BCUT2D eigenvalue weighted by Gasteiger charge is -2.34. The fourth-order valence-corrected chi connectivity index (χ4v) is 4.37. The first-order valence-corrected chi connectivity index (χ1v) is 10.7. The van der Waals surface area contributed by atoms with Crippen molar-refractivity contribution in [2.45, 2.75) is 31.1 Å². The summed E-state index contributed by atoms with van der Waals surface area (Å²) in [6.07, 6.45) is 0.794. The van der Waals surface area contributed by atoms with Crippen molar-refractivity contribution >= 4 is 33.5 Å². The molecule has 2 amide bonds. The van der Waals surface area contributed by atoms with Crippen LogP contribution < -0.4 is 5.32 Å². The molecule has 0 radical (unpaired) electrons. The van der Waals surface area contributed by atoms with Gasteiger partial charge in [0.1, 0.15) is 10.7 Å². The number of nitrogens with zero attached hydrogens (tertiary/aromatic N) is 3. The van der Waals surface area contributed by atoms with E-state index in [1.165, 1.54) is 6.07 Å². The molecule has 0 unspecified atom stereocenters. The average Bonchev–Trinajstić information content (AvgIpc) is 2.68. The van der Waals surface area contributed by atoms with Gasteiger partial charge in [0.05, 0.1) is 12.3 Å². The first-order valence-electron chi connectivity index (χ1n) is 9.30. The molecule has 3 rings (SSSR count). The third kappa shape index (κ3) is 4.61. The van der Waals surface area contributed by atoms with E-state index in [0.717, 1.165) is 0 Å². The van der Waals surface area contributed by atoms with Gasteiger partial charge in [0.15, 0.2) is 0 Å². The zero-order valence-electron chi connectivity index (χ0n) is 15.8. The van der Waals surface area contributed by atoms with Crippen LogP contribution in [0.2, 0.25) is 0 Å². The number of amidine groups is 1. The Labute approximate surface area is 164 Å². The fraction of sp³-hybridized carbons (Fsp3) is 0.500. The molecule has 0 aliphatic carbocycles. The predicted octanol–water partition coefficient (Wildman–Crippen LogP) is 1.67. The number of para-hydroxylation sites is 1. The molecule has 1 fully saturated rings. The van der Waals surface area contributed by atoms with Crippen molar-refractivity contribution in [2.24, 2.45) is 4.40 Å². The number of sulfonamides is 1. The van der Waals surface area contributed by atoms with Crippen molar-refractivity contribution in [3.05, 3.63) is 24.3 Å². The minimum absolute atomic E-state index is 0.0109. The van der Waals surface area contributed by atoms with Gasteiger partial charge in [-0.2, -0.15) is 8.42 Å². The van der Waals surface area contributed by atoms with Crippen molar-refractivity contribution in [3.63, 3.8) is 0 Å². The Hall–Kier alpha value is -2.62. The number of benzene rings is 1. The van der Waals surface area contributed by atoms with E-state index in [9.17, 15) is 18.0 Å². The maximum Gasteiger partial charge on any atom is 0.409 e. The van der Waals surface area contributed by atoms with E-state index in [1.807, 2.05) is 0 Å². The van der Waals surface area contributed by atoms with E-state index in [4.69, 9.17) is 4.74 Å². The van der Waals surface area contributed by atoms with Gasteiger partial charge in [0.25, 0.3) is 10.0 Å². The molecule has 2 aliphatic heterocycles. The van der Waals surface area contributed by atoms with Gasteiger partial charge < -0.3 is 19.9 Å². The second-order valence-electron chi connectivity index (χ2n) is 6.55. The Morgan fingerprint density at radius 2 is 1.82 bits per heavy atom. The molecule has 0 aromatic heterocycles. The van der Waals surface area contributed by atoms with Crippen molar-refractivity contribution < 1.29 is 22.7 Å². The van der Waals surface area contributed by atoms with Crippen LogP contribution in [0, 0.1) is 0 Å². The lowest BCUT2D eigenvalue weighted by molar-refractivity contribution is -0.132. The number of fused-ring (bicyclic) bond motifs is 1. The highest BCUT2D eigenvalue weighted by Gasteiger charge is 2.26. The lowest BCUT2D eigenvalue weighted by atomic mass is 10.2. The van der Waals surface area contributed by atoms with Crippen LogP contribution >= 0.6 is 0 Å². The van der Waals surface area contributed by atoms with Crippen LogP contribution in [0.4, 0.5) is 10.5 Å². The monoisotopic (exact) mass is 408 g/mol. The Morgan fingerprint density at radius 3 is 2.54 bits per heavy atom. The molecule has 10 heteroatoms. The number of amides is 2. The van der Waals surface area contributed by atoms with E-state index in [0.29, 0.717) is 63.6 Å². The Balaban J connectivity index is 1.47. The number of carbonyl (C=O) groups is 2. The summed E-state index contributed by atoms with van der Waals surface area (Å²) in [5.41, 5.74) is 0.508. The van der Waals surface area contributed by atoms with Gasteiger partial charge in [-0.05, 0) is 25.5 Å². The van der Waals surface area contributed by atoms with Crippen molar-refractivity contribution in [2.75, 3.05) is 38.1 Å². The van der Waals surface area contributed by atoms with Crippen molar-refractivity contribution in [1.29, 1.82) is 0 Å². The minimum Gasteiger partial charge on any atom is -0.450 e. The standard InChI is InChI=1S/C18H24N4O5S/c1-2-27-18(24)22-12-10-21(11-13-22)17(23)9-5-8-16-19-14-6-3-4-7-15(14)28(25,26)20-16/h3-4,6-7H,2,5,8-13H2,1H3,(H,19,20). The van der Waals surface area contributed by atoms with E-state index in [1.54, 1.807) is 34.9 Å². The fourth-order valence-electron chi connectivity index (χ4n) is 3.19. The van der Waals surface area contributed by atoms with Crippen LogP contribution in [0.1, 0.15) is 26.2 Å². The number of rotatable bonds is 5. The Morgan fingerprint density at radius 1 is 1.14 bits per heavy atom. The molecule has 0 spiro atoms. The van der Waals surface area contributed by atoms with E-state index in [-0.39, 0.29) is 16.9 Å². The lowest BCUT2D eigenvalue weighted by Crippen LogP contribution is -2.50. The second kappa shape index (κ2) is 8.59. The topological polar surface area (TPSA) is 108 Å². The highest BCUT2D eigenvalue weighted by atomic mass is 32.2. The van der Waals surface area contributed by atoms with Gasteiger partial charge in [0, 0.05) is 39.0 Å². The summed E-state index contributed by atoms with van der Waals surface area (Å²) in [6.45, 7) is 3.93. The zero-order chi connectivity index (χ0) is 20.1. The molecular formula is C18H24N4O5S. The summed E-state index contributed by atoms with van der Waals surface area (Å²) in [5.74, 6) is 0.335. The average molecular weight is 408 g/mol. The van der Waals surface area contributed by atoms with Gasteiger partial charge in [-0.1, -0.05) is 12.1 Å². The number of carbonyl (C=O) groups excluding carboxylic acids is 2. The maximum absolute atomic E-state index is 12.4. The molecule has 1 aromatic rings. The molecule has 9 nitrogen and oxygen atoms in total. The molecule has 0 bridgehead atoms. The van der Waals surface area contributed by atoms with Crippen LogP contribution in [0.5, 0.6) is 0 Å². The number of ether oxygens (including phenoxy) is 1. The van der Waals surface area contributed by atoms with Crippen molar-refractivity contribution in [3.8, 4) is 0 Å². The van der Waals surface area contributed by atoms with Crippen LogP contribution in [0.3, 0.4) is 0 Å². The van der Waals surface area contributed by atoms with Crippen LogP contribution in [0.15, 0.2) is 33.6 Å². The molecule has 0 saturated carbocycles. The molecule has 1 N–H and O–H groups in total. The number of hydrogen-bond donors (Lipinski definition) is 1. The van der Waals surface area contributed by atoms with Gasteiger partial charge in [-0.25, -0.2) is 4.79 Å². The summed E-state index contributed by atoms with van der Waals surface area (Å²) < 4.78 is 33.2. The van der Waals surface area contributed by atoms with E-state index >= 15 is 0 Å². The summed E-state index contributed by atoms with van der Waals surface area (Å²) in [4.78, 5) is 27.5. The molecule has 152 valence electrons. The molecule has 2 heterocycles. The number of hydrogen-bond acceptors (Lipinski definition) is 6. The summed E-state index contributed by atoms with van der Waals surface area (Å²) in [5, 5.41) is 3.02. The molecule has 0 atom stereocenters. The highest BCUT2D eigenvalue weighted by molar-refractivity contribution is 7.90. The first kappa shape index (κ1) is 20.1. The van der Waals surface area contributed by atoms with E-state index < -0.39 is 10.0 Å². The number of piperazine rings is 1. The smallest absolute Gasteiger partial charge is 0.409 e. The maximum atomic E-state index is 12.4. The number of nitrogens with one attached hydrogen (secondary N) is 1. The third-order valence-electron chi connectivity index (χ3n) is 4.64. The number of anilines is 1. The van der Waals surface area contributed by atoms with Crippen molar-refractivity contribution in [1.82, 2.24) is 9.80 Å².